The van der Waals surface area contributed by atoms with E-state index >= 15 is 0 Å². The van der Waals surface area contributed by atoms with E-state index in [9.17, 15) is 4.79 Å². The molecule has 9 heteroatoms. The molecule has 0 unspecified atom stereocenters. The fraction of sp³-hybridized carbons (Fsp3) is 0.227. The highest BCUT2D eigenvalue weighted by Crippen LogP contribution is 2.39. The summed E-state index contributed by atoms with van der Waals surface area (Å²) in [6.07, 6.45) is 4.61. The van der Waals surface area contributed by atoms with Gasteiger partial charge in [0.25, 0.3) is 0 Å². The molecule has 2 heterocycles. The summed E-state index contributed by atoms with van der Waals surface area (Å²) in [5.74, 6) is 0.482. The molecule has 3 rings (SSSR count). The number of nitrogens with zero attached hydrogens (tertiary/aromatic N) is 3. The Kier molecular flexibility index (Phi) is 7.20. The number of pyridine rings is 1. The first kappa shape index (κ1) is 22.7. The number of benzene rings is 1. The summed E-state index contributed by atoms with van der Waals surface area (Å²) in [4.78, 5) is 16.0. The third kappa shape index (κ3) is 5.37. The van der Waals surface area contributed by atoms with Crippen molar-refractivity contribution < 1.29 is 19.0 Å². The first-order valence-electron chi connectivity index (χ1n) is 9.34. The Morgan fingerprint density at radius 3 is 2.58 bits per heavy atom. The smallest absolute Gasteiger partial charge is 0.346 e. The molecule has 3 aromatic rings. The second-order valence-electron chi connectivity index (χ2n) is 6.61. The summed E-state index contributed by atoms with van der Waals surface area (Å²) >= 11 is 12.6. The van der Waals surface area contributed by atoms with Crippen molar-refractivity contribution in [1.82, 2.24) is 14.8 Å². The predicted molar refractivity (Wildman–Crippen MR) is 120 cm³/mol. The molecule has 162 valence electrons. The number of carbonyl (C=O) groups excluding carboxylic acids is 1. The summed E-state index contributed by atoms with van der Waals surface area (Å²) in [5, 5.41) is 4.95. The van der Waals surface area contributed by atoms with Gasteiger partial charge < -0.3 is 14.2 Å². The Hall–Kier alpha value is -3.03. The second-order valence-corrected chi connectivity index (χ2v) is 7.43. The van der Waals surface area contributed by atoms with Gasteiger partial charge >= 0.3 is 5.97 Å². The van der Waals surface area contributed by atoms with Gasteiger partial charge in [-0.25, -0.2) is 9.48 Å². The van der Waals surface area contributed by atoms with Gasteiger partial charge in [-0.15, -0.1) is 0 Å². The lowest BCUT2D eigenvalue weighted by molar-refractivity contribution is -0.147. The van der Waals surface area contributed by atoms with Crippen LogP contribution in [0.15, 0.2) is 36.5 Å². The van der Waals surface area contributed by atoms with Crippen LogP contribution in [-0.4, -0.2) is 33.9 Å². The molecule has 31 heavy (non-hydrogen) atoms. The van der Waals surface area contributed by atoms with Crippen LogP contribution < -0.4 is 9.47 Å². The minimum atomic E-state index is -0.854. The van der Waals surface area contributed by atoms with Gasteiger partial charge in [-0.2, -0.15) is 5.10 Å². The summed E-state index contributed by atoms with van der Waals surface area (Å²) in [6, 6.07) is 8.67. The third-order valence-electron chi connectivity index (χ3n) is 4.35. The molecule has 0 radical (unpaired) electrons. The van der Waals surface area contributed by atoms with Crippen LogP contribution in [0.5, 0.6) is 17.4 Å². The number of rotatable bonds is 7. The zero-order chi connectivity index (χ0) is 22.5. The van der Waals surface area contributed by atoms with E-state index in [1.807, 2.05) is 37.3 Å². The van der Waals surface area contributed by atoms with Crippen LogP contribution >= 0.6 is 23.2 Å². The van der Waals surface area contributed by atoms with E-state index in [1.165, 1.54) is 19.2 Å². The van der Waals surface area contributed by atoms with Crippen molar-refractivity contribution in [2.75, 3.05) is 7.11 Å². The first-order valence-corrected chi connectivity index (χ1v) is 10.1. The Morgan fingerprint density at radius 2 is 1.90 bits per heavy atom. The SMILES string of the molecule is COC(=O)[C@H](C)Oc1cc(Oc2c(C=Cc3ccccn3)c(C)nn2C)c(Cl)cc1Cl. The molecule has 0 fully saturated rings. The van der Waals surface area contributed by atoms with Crippen molar-refractivity contribution in [3.8, 4) is 17.4 Å². The van der Waals surface area contributed by atoms with Gasteiger partial charge in [-0.1, -0.05) is 29.3 Å². The lowest BCUT2D eigenvalue weighted by Gasteiger charge is -2.16. The number of hydrogen-bond acceptors (Lipinski definition) is 6. The number of ether oxygens (including phenoxy) is 3. The fourth-order valence-corrected chi connectivity index (χ4v) is 3.26. The molecule has 2 aromatic heterocycles. The van der Waals surface area contributed by atoms with E-state index in [1.54, 1.807) is 24.9 Å². The second kappa shape index (κ2) is 9.85. The number of halogens is 2. The number of aryl methyl sites for hydroxylation is 2. The Balaban J connectivity index is 1.93. The van der Waals surface area contributed by atoms with Gasteiger partial charge in [0, 0.05) is 19.3 Å². The zero-order valence-corrected chi connectivity index (χ0v) is 18.9. The van der Waals surface area contributed by atoms with Gasteiger partial charge in [0.15, 0.2) is 11.9 Å². The highest BCUT2D eigenvalue weighted by molar-refractivity contribution is 6.36. The largest absolute Gasteiger partial charge is 0.477 e. The maximum Gasteiger partial charge on any atom is 0.346 e. The molecule has 0 N–H and O–H groups in total. The van der Waals surface area contributed by atoms with Crippen molar-refractivity contribution in [1.29, 1.82) is 0 Å². The van der Waals surface area contributed by atoms with Crippen LogP contribution in [0.2, 0.25) is 10.0 Å². The van der Waals surface area contributed by atoms with Gasteiger partial charge in [0.2, 0.25) is 5.88 Å². The quantitative estimate of drug-likeness (QED) is 0.442. The maximum atomic E-state index is 11.7. The van der Waals surface area contributed by atoms with E-state index in [2.05, 4.69) is 14.8 Å². The van der Waals surface area contributed by atoms with Crippen LogP contribution in [0.3, 0.4) is 0 Å². The Labute approximate surface area is 190 Å². The van der Waals surface area contributed by atoms with E-state index < -0.39 is 12.1 Å². The molecule has 1 aromatic carbocycles. The van der Waals surface area contributed by atoms with E-state index in [4.69, 9.17) is 32.7 Å². The van der Waals surface area contributed by atoms with Crippen molar-refractivity contribution >= 4 is 41.3 Å². The van der Waals surface area contributed by atoms with E-state index in [0.717, 1.165) is 17.0 Å². The standard InChI is InChI=1S/C22H21Cl2N3O4/c1-13-16(9-8-15-7-5-6-10-25-15)21(27(3)26-13)31-20-12-19(17(23)11-18(20)24)30-14(2)22(28)29-4/h5-12,14H,1-4H3/t14-/m0/s1. The van der Waals surface area contributed by atoms with Crippen LogP contribution in [-0.2, 0) is 16.6 Å². The summed E-state index contributed by atoms with van der Waals surface area (Å²) in [7, 11) is 3.05. The van der Waals surface area contributed by atoms with Crippen LogP contribution in [0.25, 0.3) is 12.2 Å². The zero-order valence-electron chi connectivity index (χ0n) is 17.4. The normalized spacial score (nSPS) is 12.1. The first-order chi connectivity index (χ1) is 14.8. The van der Waals surface area contributed by atoms with Crippen LogP contribution in [0.4, 0.5) is 0 Å². The van der Waals surface area contributed by atoms with Crippen molar-refractivity contribution in [2.24, 2.45) is 7.05 Å². The maximum absolute atomic E-state index is 11.7. The Bertz CT molecular complexity index is 1110. The molecule has 0 bridgehead atoms. The highest BCUT2D eigenvalue weighted by atomic mass is 35.5. The van der Waals surface area contributed by atoms with Crippen molar-refractivity contribution in [3.05, 3.63) is 63.5 Å². The molecule has 0 saturated heterocycles. The van der Waals surface area contributed by atoms with Gasteiger partial charge in [-0.3, -0.25) is 4.98 Å². The Morgan fingerprint density at radius 1 is 1.16 bits per heavy atom. The number of esters is 1. The monoisotopic (exact) mass is 461 g/mol. The molecule has 0 saturated carbocycles. The minimum Gasteiger partial charge on any atom is -0.477 e. The molecule has 7 nitrogen and oxygen atoms in total. The number of hydrogen-bond donors (Lipinski definition) is 0. The number of carbonyl (C=O) groups is 1. The average molecular weight is 462 g/mol. The number of methoxy groups -OCH3 is 1. The summed E-state index contributed by atoms with van der Waals surface area (Å²) < 4.78 is 18.0. The van der Waals surface area contributed by atoms with Crippen LogP contribution in [0, 0.1) is 6.92 Å². The molecular formula is C22H21Cl2N3O4. The molecule has 0 aliphatic heterocycles. The van der Waals surface area contributed by atoms with E-state index in [-0.39, 0.29) is 15.8 Å². The van der Waals surface area contributed by atoms with E-state index in [0.29, 0.717) is 11.6 Å². The lowest BCUT2D eigenvalue weighted by Crippen LogP contribution is -2.25. The summed E-state index contributed by atoms with van der Waals surface area (Å²) in [5.41, 5.74) is 2.34. The third-order valence-corrected chi connectivity index (χ3v) is 4.94. The molecular weight excluding hydrogens is 441 g/mol. The molecule has 0 aliphatic carbocycles. The molecule has 0 spiro atoms. The average Bonchev–Trinajstić information content (AvgIpc) is 3.02. The summed E-state index contributed by atoms with van der Waals surface area (Å²) in [6.45, 7) is 3.43. The number of aromatic nitrogens is 3. The molecule has 0 aliphatic rings. The highest BCUT2D eigenvalue weighted by Gasteiger charge is 2.20. The molecule has 1 atom stereocenters. The van der Waals surface area contributed by atoms with Crippen molar-refractivity contribution in [3.63, 3.8) is 0 Å². The lowest BCUT2D eigenvalue weighted by atomic mass is 10.2. The fourth-order valence-electron chi connectivity index (χ4n) is 2.80. The van der Waals surface area contributed by atoms with Crippen molar-refractivity contribution in [2.45, 2.75) is 20.0 Å². The van der Waals surface area contributed by atoms with Gasteiger partial charge in [-0.05, 0) is 44.2 Å². The predicted octanol–water partition coefficient (Wildman–Crippen LogP) is 5.33. The van der Waals surface area contributed by atoms with Gasteiger partial charge in [0.05, 0.1) is 34.1 Å². The minimum absolute atomic E-state index is 0.239. The molecule has 0 amide bonds. The van der Waals surface area contributed by atoms with Gasteiger partial charge in [0.1, 0.15) is 5.75 Å². The topological polar surface area (TPSA) is 75.5 Å². The van der Waals surface area contributed by atoms with Crippen LogP contribution in [0.1, 0.15) is 23.9 Å².